The highest BCUT2D eigenvalue weighted by Crippen LogP contribution is 2.41. The van der Waals surface area contributed by atoms with Crippen LogP contribution in [0.5, 0.6) is 0 Å². The van der Waals surface area contributed by atoms with Crippen LogP contribution in [0.15, 0.2) is 22.6 Å². The van der Waals surface area contributed by atoms with Crippen LogP contribution in [0.25, 0.3) is 11.1 Å². The van der Waals surface area contributed by atoms with Gasteiger partial charge >= 0.3 is 0 Å². The van der Waals surface area contributed by atoms with E-state index in [-0.39, 0.29) is 5.41 Å². The maximum absolute atomic E-state index is 6.10. The molecule has 3 nitrogen and oxygen atoms in total. The second-order valence-electron chi connectivity index (χ2n) is 4.80. The SMILES string of the molecule is NCC1(c2nc3cccc(Cl)c3o2)CCCC1. The lowest BCUT2D eigenvalue weighted by Gasteiger charge is -2.22. The van der Waals surface area contributed by atoms with Gasteiger partial charge in [0.25, 0.3) is 0 Å². The molecule has 1 aromatic carbocycles. The Hall–Kier alpha value is -1.06. The molecule has 1 aliphatic carbocycles. The molecule has 1 heterocycles. The van der Waals surface area contributed by atoms with Crippen LogP contribution < -0.4 is 5.73 Å². The van der Waals surface area contributed by atoms with E-state index in [4.69, 9.17) is 21.8 Å². The molecule has 1 saturated carbocycles. The van der Waals surface area contributed by atoms with Crippen molar-refractivity contribution in [3.05, 3.63) is 29.1 Å². The van der Waals surface area contributed by atoms with Crippen LogP contribution in [0.4, 0.5) is 0 Å². The van der Waals surface area contributed by atoms with Crippen molar-refractivity contribution in [3.63, 3.8) is 0 Å². The Morgan fingerprint density at radius 2 is 2.12 bits per heavy atom. The van der Waals surface area contributed by atoms with Gasteiger partial charge in [-0.05, 0) is 25.0 Å². The quantitative estimate of drug-likeness (QED) is 0.890. The maximum Gasteiger partial charge on any atom is 0.203 e. The summed E-state index contributed by atoms with van der Waals surface area (Å²) in [7, 11) is 0. The van der Waals surface area contributed by atoms with E-state index >= 15 is 0 Å². The van der Waals surface area contributed by atoms with Gasteiger partial charge < -0.3 is 10.2 Å². The van der Waals surface area contributed by atoms with Crippen molar-refractivity contribution in [1.82, 2.24) is 4.98 Å². The lowest BCUT2D eigenvalue weighted by Crippen LogP contribution is -2.32. The average molecular weight is 251 g/mol. The van der Waals surface area contributed by atoms with Crippen molar-refractivity contribution < 1.29 is 4.42 Å². The van der Waals surface area contributed by atoms with Crippen molar-refractivity contribution in [1.29, 1.82) is 0 Å². The highest BCUT2D eigenvalue weighted by molar-refractivity contribution is 6.34. The minimum Gasteiger partial charge on any atom is -0.438 e. The molecule has 90 valence electrons. The van der Waals surface area contributed by atoms with Crippen LogP contribution >= 0.6 is 11.6 Å². The second-order valence-corrected chi connectivity index (χ2v) is 5.21. The lowest BCUT2D eigenvalue weighted by molar-refractivity contribution is 0.344. The maximum atomic E-state index is 6.10. The van der Waals surface area contributed by atoms with Crippen LogP contribution in [-0.4, -0.2) is 11.5 Å². The molecule has 0 amide bonds. The molecule has 2 aromatic rings. The van der Waals surface area contributed by atoms with Gasteiger partial charge in [0.1, 0.15) is 5.52 Å². The predicted molar refractivity (Wildman–Crippen MR) is 68.2 cm³/mol. The van der Waals surface area contributed by atoms with Crippen molar-refractivity contribution >= 4 is 22.7 Å². The zero-order chi connectivity index (χ0) is 11.9. The van der Waals surface area contributed by atoms with Gasteiger partial charge in [-0.25, -0.2) is 4.98 Å². The smallest absolute Gasteiger partial charge is 0.203 e. The van der Waals surface area contributed by atoms with Crippen molar-refractivity contribution in [3.8, 4) is 0 Å². The van der Waals surface area contributed by atoms with Crippen LogP contribution in [-0.2, 0) is 5.41 Å². The van der Waals surface area contributed by atoms with E-state index in [0.29, 0.717) is 17.2 Å². The first-order chi connectivity index (χ1) is 8.25. The number of para-hydroxylation sites is 1. The summed E-state index contributed by atoms with van der Waals surface area (Å²) < 4.78 is 5.85. The molecule has 1 aromatic heterocycles. The number of oxazole rings is 1. The standard InChI is InChI=1S/C13H15ClN2O/c14-9-4-3-5-10-11(9)17-12(16-10)13(8-15)6-1-2-7-13/h3-5H,1-2,6-8,15H2. The molecular formula is C13H15ClN2O. The summed E-state index contributed by atoms with van der Waals surface area (Å²) in [6, 6.07) is 5.64. The van der Waals surface area contributed by atoms with Gasteiger partial charge in [0.05, 0.1) is 10.4 Å². The van der Waals surface area contributed by atoms with Gasteiger partial charge in [0.15, 0.2) is 5.58 Å². The largest absolute Gasteiger partial charge is 0.438 e. The fourth-order valence-electron chi connectivity index (χ4n) is 2.70. The van der Waals surface area contributed by atoms with E-state index in [0.717, 1.165) is 24.2 Å². The van der Waals surface area contributed by atoms with Gasteiger partial charge in [-0.2, -0.15) is 0 Å². The highest BCUT2D eigenvalue weighted by Gasteiger charge is 2.39. The van der Waals surface area contributed by atoms with Crippen LogP contribution in [0, 0.1) is 0 Å². The van der Waals surface area contributed by atoms with Crippen molar-refractivity contribution in [2.75, 3.05) is 6.54 Å². The lowest BCUT2D eigenvalue weighted by atomic mass is 9.86. The number of hydrogen-bond acceptors (Lipinski definition) is 3. The van der Waals surface area contributed by atoms with Gasteiger partial charge in [-0.3, -0.25) is 0 Å². The first-order valence-electron chi connectivity index (χ1n) is 6.01. The molecule has 1 fully saturated rings. The summed E-state index contributed by atoms with van der Waals surface area (Å²) >= 11 is 6.10. The van der Waals surface area contributed by atoms with Gasteiger partial charge in [-0.15, -0.1) is 0 Å². The van der Waals surface area contributed by atoms with Gasteiger partial charge in [0, 0.05) is 6.54 Å². The Labute approximate surface area is 105 Å². The number of nitrogens with zero attached hydrogens (tertiary/aromatic N) is 1. The normalized spacial score (nSPS) is 18.9. The number of benzene rings is 1. The minimum atomic E-state index is -0.0671. The first kappa shape index (κ1) is 11.1. The predicted octanol–water partition coefficient (Wildman–Crippen LogP) is 3.25. The Bertz CT molecular complexity index is 543. The zero-order valence-corrected chi connectivity index (χ0v) is 10.3. The molecule has 0 radical (unpaired) electrons. The third-order valence-corrected chi connectivity index (χ3v) is 4.07. The zero-order valence-electron chi connectivity index (χ0n) is 9.58. The van der Waals surface area contributed by atoms with Crippen molar-refractivity contribution in [2.45, 2.75) is 31.1 Å². The van der Waals surface area contributed by atoms with Crippen LogP contribution in [0.1, 0.15) is 31.6 Å². The number of halogens is 1. The molecule has 1 aliphatic rings. The number of rotatable bonds is 2. The number of hydrogen-bond donors (Lipinski definition) is 1. The van der Waals surface area contributed by atoms with E-state index in [9.17, 15) is 0 Å². The van der Waals surface area contributed by atoms with E-state index in [1.807, 2.05) is 18.2 Å². The summed E-state index contributed by atoms with van der Waals surface area (Å²) in [6.45, 7) is 0.595. The second kappa shape index (κ2) is 4.00. The number of nitrogens with two attached hydrogens (primary N) is 1. The third kappa shape index (κ3) is 1.65. The molecular weight excluding hydrogens is 236 g/mol. The molecule has 0 atom stereocenters. The molecule has 0 spiro atoms. The van der Waals surface area contributed by atoms with Crippen LogP contribution in [0.2, 0.25) is 5.02 Å². The summed E-state index contributed by atoms with van der Waals surface area (Å²) in [6.07, 6.45) is 4.52. The monoisotopic (exact) mass is 250 g/mol. The van der Waals surface area contributed by atoms with Crippen molar-refractivity contribution in [2.24, 2.45) is 5.73 Å². The fourth-order valence-corrected chi connectivity index (χ4v) is 2.91. The summed E-state index contributed by atoms with van der Waals surface area (Å²) in [5.41, 5.74) is 7.37. The Kier molecular flexibility index (Phi) is 2.60. The Balaban J connectivity index is 2.14. The van der Waals surface area contributed by atoms with E-state index in [2.05, 4.69) is 4.98 Å². The number of fused-ring (bicyclic) bond motifs is 1. The summed E-state index contributed by atoms with van der Waals surface area (Å²) in [5, 5.41) is 0.617. The van der Waals surface area contributed by atoms with E-state index < -0.39 is 0 Å². The molecule has 4 heteroatoms. The Morgan fingerprint density at radius 1 is 1.35 bits per heavy atom. The first-order valence-corrected chi connectivity index (χ1v) is 6.39. The molecule has 17 heavy (non-hydrogen) atoms. The Morgan fingerprint density at radius 3 is 2.76 bits per heavy atom. The fraction of sp³-hybridized carbons (Fsp3) is 0.462. The minimum absolute atomic E-state index is 0.0671. The molecule has 2 N–H and O–H groups in total. The third-order valence-electron chi connectivity index (χ3n) is 3.77. The molecule has 0 aliphatic heterocycles. The van der Waals surface area contributed by atoms with E-state index in [1.54, 1.807) is 0 Å². The topological polar surface area (TPSA) is 52.0 Å². The average Bonchev–Trinajstić information content (AvgIpc) is 2.96. The molecule has 3 rings (SSSR count). The summed E-state index contributed by atoms with van der Waals surface area (Å²) in [5.74, 6) is 0.764. The van der Waals surface area contributed by atoms with Gasteiger partial charge in [0.2, 0.25) is 5.89 Å². The van der Waals surface area contributed by atoms with E-state index in [1.165, 1.54) is 12.8 Å². The van der Waals surface area contributed by atoms with Gasteiger partial charge in [-0.1, -0.05) is 30.5 Å². The number of aromatic nitrogens is 1. The highest BCUT2D eigenvalue weighted by atomic mass is 35.5. The summed E-state index contributed by atoms with van der Waals surface area (Å²) in [4.78, 5) is 4.57. The van der Waals surface area contributed by atoms with Crippen LogP contribution in [0.3, 0.4) is 0 Å². The molecule has 0 bridgehead atoms. The molecule has 0 unspecified atom stereocenters. The molecule has 0 saturated heterocycles.